The van der Waals surface area contributed by atoms with Crippen LogP contribution in [0.4, 0.5) is 0 Å². The van der Waals surface area contributed by atoms with Gasteiger partial charge in [0.2, 0.25) is 10.0 Å². The summed E-state index contributed by atoms with van der Waals surface area (Å²) in [6, 6.07) is 0. The van der Waals surface area contributed by atoms with E-state index in [4.69, 9.17) is 0 Å². The Morgan fingerprint density at radius 3 is 2.23 bits per heavy atom. The van der Waals surface area contributed by atoms with Gasteiger partial charge in [0.15, 0.2) is 0 Å². The molecule has 0 aromatic carbocycles. The summed E-state index contributed by atoms with van der Waals surface area (Å²) >= 11 is 0. The van der Waals surface area contributed by atoms with E-state index < -0.39 is 10.0 Å². The molecule has 0 radical (unpaired) electrons. The van der Waals surface area contributed by atoms with Gasteiger partial charge in [-0.1, -0.05) is 20.8 Å². The standard InChI is InChI=1S/C19H34N4O2S/c1-14-18(15(2)21-20-14)26(24,25)23-10-7-16(8-11-23)17-6-9-22(12-17)13-19(3,4)5/h16-17H,6-13H2,1-5H3,(H,20,21)/t17-/m0/s1. The molecule has 1 aromatic rings. The molecular weight excluding hydrogens is 348 g/mol. The lowest BCUT2D eigenvalue weighted by Gasteiger charge is -2.34. The summed E-state index contributed by atoms with van der Waals surface area (Å²) in [6.07, 6.45) is 3.21. The molecule has 1 atom stereocenters. The van der Waals surface area contributed by atoms with Gasteiger partial charge in [-0.15, -0.1) is 0 Å². The number of aromatic nitrogens is 2. The van der Waals surface area contributed by atoms with Crippen molar-refractivity contribution >= 4 is 10.0 Å². The normalized spacial score (nSPS) is 24.4. The topological polar surface area (TPSA) is 69.3 Å². The Kier molecular flexibility index (Phi) is 5.53. The number of aromatic amines is 1. The number of likely N-dealkylation sites (tertiary alicyclic amines) is 1. The van der Waals surface area contributed by atoms with E-state index in [9.17, 15) is 8.42 Å². The van der Waals surface area contributed by atoms with E-state index in [0.717, 1.165) is 25.3 Å². The molecule has 7 heteroatoms. The number of hydrogen-bond donors (Lipinski definition) is 1. The Bertz CT molecular complexity index is 708. The van der Waals surface area contributed by atoms with Gasteiger partial charge < -0.3 is 4.90 Å². The SMILES string of the molecule is Cc1n[nH]c(C)c1S(=O)(=O)N1CCC([C@H]2CCN(CC(C)(C)C)C2)CC1. The molecule has 3 rings (SSSR count). The molecular formula is C19H34N4O2S. The molecule has 0 spiro atoms. The third kappa shape index (κ3) is 4.15. The van der Waals surface area contributed by atoms with Crippen LogP contribution in [0.5, 0.6) is 0 Å². The second-order valence-electron chi connectivity index (χ2n) is 9.35. The van der Waals surface area contributed by atoms with Crippen LogP contribution in [-0.2, 0) is 10.0 Å². The Labute approximate surface area is 158 Å². The molecule has 6 nitrogen and oxygen atoms in total. The Morgan fingerprint density at radius 2 is 1.69 bits per heavy atom. The van der Waals surface area contributed by atoms with Crippen LogP contribution < -0.4 is 0 Å². The molecule has 0 aliphatic carbocycles. The molecule has 148 valence electrons. The maximum atomic E-state index is 13.0. The highest BCUT2D eigenvalue weighted by Gasteiger charge is 2.37. The first-order valence-electron chi connectivity index (χ1n) is 9.82. The molecule has 0 saturated carbocycles. The summed E-state index contributed by atoms with van der Waals surface area (Å²) in [5, 5.41) is 6.85. The molecule has 0 bridgehead atoms. The lowest BCUT2D eigenvalue weighted by Crippen LogP contribution is -2.41. The predicted molar refractivity (Wildman–Crippen MR) is 104 cm³/mol. The van der Waals surface area contributed by atoms with E-state index in [1.54, 1.807) is 18.2 Å². The van der Waals surface area contributed by atoms with Crippen molar-refractivity contribution in [3.63, 3.8) is 0 Å². The summed E-state index contributed by atoms with van der Waals surface area (Å²) in [6.45, 7) is 15.2. The maximum Gasteiger partial charge on any atom is 0.246 e. The van der Waals surface area contributed by atoms with Crippen LogP contribution in [0.3, 0.4) is 0 Å². The molecule has 26 heavy (non-hydrogen) atoms. The van der Waals surface area contributed by atoms with Crippen LogP contribution in [0.2, 0.25) is 0 Å². The highest BCUT2D eigenvalue weighted by Crippen LogP contribution is 2.35. The first kappa shape index (κ1) is 19.8. The molecule has 0 amide bonds. The van der Waals surface area contributed by atoms with E-state index in [0.29, 0.717) is 40.7 Å². The fourth-order valence-electron chi connectivity index (χ4n) is 4.70. The summed E-state index contributed by atoms with van der Waals surface area (Å²) in [7, 11) is -3.43. The Morgan fingerprint density at radius 1 is 1.08 bits per heavy atom. The number of H-pyrrole nitrogens is 1. The van der Waals surface area contributed by atoms with E-state index in [1.165, 1.54) is 19.5 Å². The highest BCUT2D eigenvalue weighted by atomic mass is 32.2. The van der Waals surface area contributed by atoms with E-state index in [-0.39, 0.29) is 0 Å². The first-order valence-corrected chi connectivity index (χ1v) is 11.3. The summed E-state index contributed by atoms with van der Waals surface area (Å²) in [5.74, 6) is 1.37. The van der Waals surface area contributed by atoms with Gasteiger partial charge in [-0.05, 0) is 56.9 Å². The zero-order chi connectivity index (χ0) is 19.1. The lowest BCUT2D eigenvalue weighted by atomic mass is 9.84. The van der Waals surface area contributed by atoms with Crippen LogP contribution in [0.1, 0.15) is 51.4 Å². The first-order chi connectivity index (χ1) is 12.1. The van der Waals surface area contributed by atoms with Crippen molar-refractivity contribution in [3.8, 4) is 0 Å². The molecule has 2 aliphatic rings. The van der Waals surface area contributed by atoms with Crippen LogP contribution >= 0.6 is 0 Å². The smallest absolute Gasteiger partial charge is 0.246 e. The zero-order valence-corrected chi connectivity index (χ0v) is 17.7. The Hall–Kier alpha value is -0.920. The monoisotopic (exact) mass is 382 g/mol. The fourth-order valence-corrected chi connectivity index (χ4v) is 6.50. The molecule has 2 aliphatic heterocycles. The number of sulfonamides is 1. The van der Waals surface area contributed by atoms with E-state index in [1.807, 2.05) is 0 Å². The van der Waals surface area contributed by atoms with Gasteiger partial charge in [0, 0.05) is 26.2 Å². The summed E-state index contributed by atoms with van der Waals surface area (Å²) < 4.78 is 27.6. The molecule has 1 N–H and O–H groups in total. The zero-order valence-electron chi connectivity index (χ0n) is 16.9. The molecule has 1 aromatic heterocycles. The molecule has 3 heterocycles. The van der Waals surface area contributed by atoms with Crippen molar-refractivity contribution in [1.29, 1.82) is 0 Å². The third-order valence-electron chi connectivity index (χ3n) is 5.83. The average molecular weight is 383 g/mol. The second-order valence-corrected chi connectivity index (χ2v) is 11.2. The van der Waals surface area contributed by atoms with Crippen molar-refractivity contribution in [3.05, 3.63) is 11.4 Å². The lowest BCUT2D eigenvalue weighted by molar-refractivity contribution is 0.183. The number of rotatable bonds is 4. The van der Waals surface area contributed by atoms with Gasteiger partial charge in [0.05, 0.1) is 11.4 Å². The quantitative estimate of drug-likeness (QED) is 0.869. The Balaban J connectivity index is 1.58. The number of hydrogen-bond acceptors (Lipinski definition) is 4. The van der Waals surface area contributed by atoms with Gasteiger partial charge >= 0.3 is 0 Å². The van der Waals surface area contributed by atoms with Gasteiger partial charge in [-0.25, -0.2) is 8.42 Å². The maximum absolute atomic E-state index is 13.0. The van der Waals surface area contributed by atoms with Crippen molar-refractivity contribution < 1.29 is 8.42 Å². The van der Waals surface area contributed by atoms with E-state index >= 15 is 0 Å². The minimum Gasteiger partial charge on any atom is -0.303 e. The van der Waals surface area contributed by atoms with Crippen molar-refractivity contribution in [2.24, 2.45) is 17.3 Å². The average Bonchev–Trinajstić information content (AvgIpc) is 3.12. The fraction of sp³-hybridized carbons (Fsp3) is 0.842. The molecule has 2 saturated heterocycles. The molecule has 2 fully saturated rings. The summed E-state index contributed by atoms with van der Waals surface area (Å²) in [4.78, 5) is 2.96. The number of aryl methyl sites for hydroxylation is 2. The van der Waals surface area contributed by atoms with Crippen molar-refractivity contribution in [2.75, 3.05) is 32.7 Å². The van der Waals surface area contributed by atoms with Crippen LogP contribution in [0.25, 0.3) is 0 Å². The summed E-state index contributed by atoms with van der Waals surface area (Å²) in [5.41, 5.74) is 1.54. The van der Waals surface area contributed by atoms with Crippen LogP contribution in [0, 0.1) is 31.1 Å². The van der Waals surface area contributed by atoms with Crippen molar-refractivity contribution in [1.82, 2.24) is 19.4 Å². The van der Waals surface area contributed by atoms with Gasteiger partial charge in [-0.2, -0.15) is 9.40 Å². The van der Waals surface area contributed by atoms with E-state index in [2.05, 4.69) is 35.9 Å². The van der Waals surface area contributed by atoms with Crippen molar-refractivity contribution in [2.45, 2.75) is 58.8 Å². The minimum atomic E-state index is -3.43. The van der Waals surface area contributed by atoms with Crippen LogP contribution in [0.15, 0.2) is 4.90 Å². The third-order valence-corrected chi connectivity index (χ3v) is 7.99. The van der Waals surface area contributed by atoms with Crippen LogP contribution in [-0.4, -0.2) is 60.5 Å². The highest BCUT2D eigenvalue weighted by molar-refractivity contribution is 7.89. The molecule has 0 unspecified atom stereocenters. The largest absolute Gasteiger partial charge is 0.303 e. The minimum absolute atomic E-state index is 0.340. The van der Waals surface area contributed by atoms with Gasteiger partial charge in [-0.3, -0.25) is 5.10 Å². The number of piperidine rings is 1. The van der Waals surface area contributed by atoms with Gasteiger partial charge in [0.25, 0.3) is 0 Å². The van der Waals surface area contributed by atoms with Gasteiger partial charge in [0.1, 0.15) is 4.90 Å². The second kappa shape index (κ2) is 7.24. The predicted octanol–water partition coefficient (Wildman–Crippen LogP) is 2.80. The number of nitrogens with zero attached hydrogens (tertiary/aromatic N) is 3. The number of nitrogens with one attached hydrogen (secondary N) is 1.